The van der Waals surface area contributed by atoms with E-state index in [2.05, 4.69) is 0 Å². The van der Waals surface area contributed by atoms with Crippen LogP contribution >= 0.6 is 0 Å². The molecule has 0 bridgehead atoms. The molecule has 7 heteroatoms. The fourth-order valence-electron chi connectivity index (χ4n) is 2.40. The maximum atomic E-state index is 12.8. The molecule has 0 saturated carbocycles. The Bertz CT molecular complexity index is 987. The van der Waals surface area contributed by atoms with Gasteiger partial charge in [0.25, 0.3) is 10.0 Å². The number of carbonyl (C=O) groups is 1. The number of ether oxygens (including phenoxy) is 1. The van der Waals surface area contributed by atoms with Crippen molar-refractivity contribution in [3.8, 4) is 5.75 Å². The monoisotopic (exact) mass is 331 g/mol. The van der Waals surface area contributed by atoms with E-state index in [0.29, 0.717) is 16.7 Å². The minimum Gasteiger partial charge on any atom is -0.497 e. The topological polar surface area (TPSA) is 85.6 Å². The molecule has 0 aliphatic heterocycles. The second-order valence-electron chi connectivity index (χ2n) is 4.84. The molecular formula is C16H13NO5S. The van der Waals surface area contributed by atoms with Crippen molar-refractivity contribution in [3.63, 3.8) is 0 Å². The third-order valence-corrected chi connectivity index (χ3v) is 5.25. The first-order valence-corrected chi connectivity index (χ1v) is 8.12. The molecule has 0 spiro atoms. The van der Waals surface area contributed by atoms with Gasteiger partial charge >= 0.3 is 5.97 Å². The van der Waals surface area contributed by atoms with Crippen LogP contribution in [-0.2, 0) is 10.0 Å². The first-order valence-electron chi connectivity index (χ1n) is 6.68. The highest BCUT2D eigenvalue weighted by Gasteiger charge is 2.20. The number of methoxy groups -OCH3 is 1. The first-order chi connectivity index (χ1) is 10.9. The number of carboxylic acids is 1. The number of hydrogen-bond donors (Lipinski definition) is 1. The molecule has 0 saturated heterocycles. The zero-order valence-corrected chi connectivity index (χ0v) is 12.9. The summed E-state index contributed by atoms with van der Waals surface area (Å²) in [6, 6.07) is 12.0. The molecule has 118 valence electrons. The molecule has 0 aliphatic rings. The van der Waals surface area contributed by atoms with E-state index >= 15 is 0 Å². The Morgan fingerprint density at radius 2 is 1.78 bits per heavy atom. The Labute approximate surface area is 132 Å². The maximum absolute atomic E-state index is 12.8. The predicted molar refractivity (Wildman–Crippen MR) is 84.5 cm³/mol. The summed E-state index contributed by atoms with van der Waals surface area (Å²) in [6.45, 7) is 0. The number of carboxylic acid groups (broad SMARTS) is 1. The molecule has 0 atom stereocenters. The standard InChI is InChI=1S/C16H13NO5S/c1-22-11-5-7-12(8-6-11)23(20,21)17-10-9-13-14(16(18)19)3-2-4-15(13)17/h2-10H,1H3,(H,18,19). The van der Waals surface area contributed by atoms with Crippen LogP contribution in [0.5, 0.6) is 5.75 Å². The number of benzene rings is 2. The van der Waals surface area contributed by atoms with Gasteiger partial charge in [0.2, 0.25) is 0 Å². The van der Waals surface area contributed by atoms with Crippen LogP contribution in [0.15, 0.2) is 59.6 Å². The average molecular weight is 331 g/mol. The van der Waals surface area contributed by atoms with E-state index in [4.69, 9.17) is 4.74 Å². The van der Waals surface area contributed by atoms with Crippen LogP contribution in [0.2, 0.25) is 0 Å². The van der Waals surface area contributed by atoms with Gasteiger partial charge in [-0.15, -0.1) is 0 Å². The average Bonchev–Trinajstić information content (AvgIpc) is 2.99. The van der Waals surface area contributed by atoms with Gasteiger partial charge in [0.1, 0.15) is 5.75 Å². The zero-order chi connectivity index (χ0) is 16.6. The molecule has 23 heavy (non-hydrogen) atoms. The largest absolute Gasteiger partial charge is 0.497 e. The highest BCUT2D eigenvalue weighted by molar-refractivity contribution is 7.90. The van der Waals surface area contributed by atoms with Crippen LogP contribution in [0.1, 0.15) is 10.4 Å². The van der Waals surface area contributed by atoms with Gasteiger partial charge in [0.05, 0.1) is 23.1 Å². The summed E-state index contributed by atoms with van der Waals surface area (Å²) in [5.74, 6) is -0.551. The molecule has 0 fully saturated rings. The molecular weight excluding hydrogens is 318 g/mol. The smallest absolute Gasteiger partial charge is 0.336 e. The Hall–Kier alpha value is -2.80. The van der Waals surface area contributed by atoms with Crippen molar-refractivity contribution in [3.05, 3.63) is 60.3 Å². The molecule has 0 aliphatic carbocycles. The van der Waals surface area contributed by atoms with Gasteiger partial charge < -0.3 is 9.84 Å². The second kappa shape index (κ2) is 5.44. The van der Waals surface area contributed by atoms with Gasteiger partial charge in [-0.25, -0.2) is 17.2 Å². The molecule has 1 N–H and O–H groups in total. The van der Waals surface area contributed by atoms with Crippen molar-refractivity contribution in [2.45, 2.75) is 4.90 Å². The number of aromatic nitrogens is 1. The molecule has 1 aromatic heterocycles. The SMILES string of the molecule is COc1ccc(S(=O)(=O)n2ccc3c(C(=O)O)cccc32)cc1. The first kappa shape index (κ1) is 15.1. The summed E-state index contributed by atoms with van der Waals surface area (Å²) >= 11 is 0. The zero-order valence-electron chi connectivity index (χ0n) is 12.1. The molecule has 0 unspecified atom stereocenters. The number of aromatic carboxylic acids is 1. The lowest BCUT2D eigenvalue weighted by molar-refractivity contribution is 0.0699. The van der Waals surface area contributed by atoms with E-state index < -0.39 is 16.0 Å². The van der Waals surface area contributed by atoms with Gasteiger partial charge in [-0.05, 0) is 42.5 Å². The fourth-order valence-corrected chi connectivity index (χ4v) is 3.75. The van der Waals surface area contributed by atoms with E-state index in [1.807, 2.05) is 0 Å². The molecule has 0 radical (unpaired) electrons. The van der Waals surface area contributed by atoms with Gasteiger partial charge in [-0.1, -0.05) is 6.07 Å². The number of nitrogens with zero attached hydrogens (tertiary/aromatic N) is 1. The van der Waals surface area contributed by atoms with E-state index in [1.54, 1.807) is 18.2 Å². The molecule has 1 heterocycles. The summed E-state index contributed by atoms with van der Waals surface area (Å²) in [5.41, 5.74) is 0.381. The second-order valence-corrected chi connectivity index (χ2v) is 6.65. The fraction of sp³-hybridized carbons (Fsp3) is 0.0625. The minimum absolute atomic E-state index is 0.0613. The van der Waals surface area contributed by atoms with Gasteiger partial charge in [0.15, 0.2) is 0 Å². The lowest BCUT2D eigenvalue weighted by atomic mass is 10.1. The Morgan fingerprint density at radius 1 is 1.09 bits per heavy atom. The summed E-state index contributed by atoms with van der Waals surface area (Å²) < 4.78 is 31.6. The minimum atomic E-state index is -3.82. The van der Waals surface area contributed by atoms with E-state index in [1.165, 1.54) is 43.6 Å². The van der Waals surface area contributed by atoms with Crippen molar-refractivity contribution in [2.24, 2.45) is 0 Å². The summed E-state index contributed by atoms with van der Waals surface area (Å²) in [4.78, 5) is 11.3. The van der Waals surface area contributed by atoms with Gasteiger partial charge in [-0.3, -0.25) is 0 Å². The molecule has 6 nitrogen and oxygen atoms in total. The van der Waals surface area contributed by atoms with Crippen molar-refractivity contribution in [1.82, 2.24) is 3.97 Å². The van der Waals surface area contributed by atoms with Gasteiger partial charge in [0, 0.05) is 11.6 Å². The van der Waals surface area contributed by atoms with Crippen molar-refractivity contribution in [2.75, 3.05) is 7.11 Å². The normalized spacial score (nSPS) is 11.5. The maximum Gasteiger partial charge on any atom is 0.336 e. The molecule has 3 rings (SSSR count). The van der Waals surface area contributed by atoms with Crippen LogP contribution in [-0.4, -0.2) is 30.6 Å². The van der Waals surface area contributed by atoms with Crippen LogP contribution in [0.3, 0.4) is 0 Å². The van der Waals surface area contributed by atoms with E-state index in [0.717, 1.165) is 3.97 Å². The summed E-state index contributed by atoms with van der Waals surface area (Å²) in [5, 5.41) is 9.57. The quantitative estimate of drug-likeness (QED) is 0.794. The number of rotatable bonds is 4. The lowest BCUT2D eigenvalue weighted by Gasteiger charge is -2.08. The van der Waals surface area contributed by atoms with Crippen LogP contribution in [0.25, 0.3) is 10.9 Å². The highest BCUT2D eigenvalue weighted by atomic mass is 32.2. The van der Waals surface area contributed by atoms with Crippen molar-refractivity contribution in [1.29, 1.82) is 0 Å². The molecule has 2 aromatic carbocycles. The van der Waals surface area contributed by atoms with Crippen LogP contribution in [0.4, 0.5) is 0 Å². The predicted octanol–water partition coefficient (Wildman–Crippen LogP) is 2.59. The Morgan fingerprint density at radius 3 is 2.39 bits per heavy atom. The third kappa shape index (κ3) is 2.44. The highest BCUT2D eigenvalue weighted by Crippen LogP contribution is 2.25. The number of hydrogen-bond acceptors (Lipinski definition) is 4. The lowest BCUT2D eigenvalue weighted by Crippen LogP contribution is -2.11. The van der Waals surface area contributed by atoms with E-state index in [9.17, 15) is 18.3 Å². The van der Waals surface area contributed by atoms with Gasteiger partial charge in [-0.2, -0.15) is 0 Å². The Kier molecular flexibility index (Phi) is 3.57. The van der Waals surface area contributed by atoms with Crippen LogP contribution < -0.4 is 4.74 Å². The third-order valence-electron chi connectivity index (χ3n) is 3.54. The Balaban J connectivity index is 2.19. The summed E-state index contributed by atoms with van der Waals surface area (Å²) in [6.07, 6.45) is 1.36. The van der Waals surface area contributed by atoms with Crippen LogP contribution in [0, 0.1) is 0 Å². The summed E-state index contributed by atoms with van der Waals surface area (Å²) in [7, 11) is -2.33. The molecule has 3 aromatic rings. The van der Waals surface area contributed by atoms with Crippen molar-refractivity contribution < 1.29 is 23.1 Å². The molecule has 0 amide bonds. The number of fused-ring (bicyclic) bond motifs is 1. The van der Waals surface area contributed by atoms with E-state index in [-0.39, 0.29) is 10.5 Å². The van der Waals surface area contributed by atoms with Crippen molar-refractivity contribution >= 4 is 26.9 Å².